The van der Waals surface area contributed by atoms with Crippen molar-refractivity contribution in [2.45, 2.75) is 0 Å². The summed E-state index contributed by atoms with van der Waals surface area (Å²) in [4.78, 5) is 0. The number of hydrogen-bond acceptors (Lipinski definition) is 2. The van der Waals surface area contributed by atoms with Gasteiger partial charge in [0.1, 0.15) is 0 Å². The monoisotopic (exact) mass is 720 g/mol. The highest BCUT2D eigenvalue weighted by molar-refractivity contribution is 7.26. The summed E-state index contributed by atoms with van der Waals surface area (Å²) in [7, 11) is 0. The first-order chi connectivity index (χ1) is 26.8. The van der Waals surface area contributed by atoms with E-state index in [1.165, 1.54) is 106 Å². The Morgan fingerprint density at radius 2 is 0.685 bits per heavy atom. The minimum atomic E-state index is 1.16. The number of para-hydroxylation sites is 2. The van der Waals surface area contributed by atoms with Crippen LogP contribution < -0.4 is 0 Å². The second-order valence-corrected chi connectivity index (χ2v) is 16.6. The number of nitrogens with zero attached hydrogens (tertiary/aromatic N) is 2. The lowest BCUT2D eigenvalue weighted by atomic mass is 10.0. The van der Waals surface area contributed by atoms with Crippen molar-refractivity contribution in [2.75, 3.05) is 0 Å². The lowest BCUT2D eigenvalue weighted by Gasteiger charge is -2.12. The summed E-state index contributed by atoms with van der Waals surface area (Å²) in [6, 6.07) is 63.4. The van der Waals surface area contributed by atoms with Gasteiger partial charge in [0.2, 0.25) is 0 Å². The summed E-state index contributed by atoms with van der Waals surface area (Å²) in [6.07, 6.45) is 0. The molecule has 0 atom stereocenters. The van der Waals surface area contributed by atoms with Gasteiger partial charge in [-0.1, -0.05) is 84.9 Å². The molecule has 250 valence electrons. The molecule has 0 saturated carbocycles. The van der Waals surface area contributed by atoms with Crippen LogP contribution in [0, 0.1) is 0 Å². The molecule has 0 radical (unpaired) electrons. The maximum Gasteiger partial charge on any atom is 0.0547 e. The Hall–Kier alpha value is -6.46. The summed E-state index contributed by atoms with van der Waals surface area (Å²) >= 11 is 3.76. The van der Waals surface area contributed by atoms with Gasteiger partial charge in [-0.25, -0.2) is 0 Å². The van der Waals surface area contributed by atoms with Crippen molar-refractivity contribution in [1.29, 1.82) is 0 Å². The van der Waals surface area contributed by atoms with E-state index in [-0.39, 0.29) is 0 Å². The first-order valence-electron chi connectivity index (χ1n) is 18.4. The smallest absolute Gasteiger partial charge is 0.0547 e. The summed E-state index contributed by atoms with van der Waals surface area (Å²) in [5, 5.41) is 15.7. The van der Waals surface area contributed by atoms with E-state index < -0.39 is 0 Å². The van der Waals surface area contributed by atoms with Gasteiger partial charge in [0, 0.05) is 73.3 Å². The topological polar surface area (TPSA) is 9.86 Å². The molecule has 0 spiro atoms. The Morgan fingerprint density at radius 3 is 1.15 bits per heavy atom. The van der Waals surface area contributed by atoms with Crippen LogP contribution in [0.15, 0.2) is 170 Å². The molecule has 0 fully saturated rings. The minimum Gasteiger partial charge on any atom is -0.309 e. The van der Waals surface area contributed by atoms with E-state index in [1.54, 1.807) is 0 Å². The zero-order valence-electron chi connectivity index (χ0n) is 28.9. The molecule has 0 unspecified atom stereocenters. The van der Waals surface area contributed by atoms with E-state index in [4.69, 9.17) is 0 Å². The van der Waals surface area contributed by atoms with Crippen molar-refractivity contribution < 1.29 is 0 Å². The lowest BCUT2D eigenvalue weighted by Crippen LogP contribution is -1.97. The maximum absolute atomic E-state index is 2.46. The molecule has 13 aromatic rings. The average molecular weight is 721 g/mol. The van der Waals surface area contributed by atoms with Crippen molar-refractivity contribution in [2.24, 2.45) is 0 Å². The number of aromatic nitrogens is 2. The zero-order valence-corrected chi connectivity index (χ0v) is 30.5. The largest absolute Gasteiger partial charge is 0.309 e. The van der Waals surface area contributed by atoms with Gasteiger partial charge in [-0.2, -0.15) is 0 Å². The number of fused-ring (bicyclic) bond motifs is 16. The fraction of sp³-hybridized carbons (Fsp3) is 0. The molecule has 0 saturated heterocycles. The van der Waals surface area contributed by atoms with Gasteiger partial charge in [0.25, 0.3) is 0 Å². The summed E-state index contributed by atoms with van der Waals surface area (Å²) in [6.45, 7) is 0. The van der Waals surface area contributed by atoms with Crippen molar-refractivity contribution >= 4 is 128 Å². The third-order valence-electron chi connectivity index (χ3n) is 11.7. The molecule has 4 aromatic heterocycles. The van der Waals surface area contributed by atoms with Crippen LogP contribution in [0.4, 0.5) is 0 Å². The van der Waals surface area contributed by atoms with Crippen LogP contribution in [-0.4, -0.2) is 9.13 Å². The maximum atomic E-state index is 2.46. The van der Waals surface area contributed by atoms with Crippen LogP contribution in [0.25, 0.3) is 117 Å². The minimum absolute atomic E-state index is 1.16. The normalized spacial score (nSPS) is 12.4. The van der Waals surface area contributed by atoms with E-state index in [0.29, 0.717) is 0 Å². The molecule has 0 aliphatic heterocycles. The van der Waals surface area contributed by atoms with Gasteiger partial charge >= 0.3 is 0 Å². The van der Waals surface area contributed by atoms with Crippen LogP contribution in [0.3, 0.4) is 0 Å². The Bertz CT molecular complexity index is 3480. The van der Waals surface area contributed by atoms with Crippen LogP contribution in [0.5, 0.6) is 0 Å². The molecule has 4 heteroatoms. The molecule has 54 heavy (non-hydrogen) atoms. The number of thiophene rings is 2. The molecule has 4 heterocycles. The fourth-order valence-corrected chi connectivity index (χ4v) is 11.6. The highest BCUT2D eigenvalue weighted by Gasteiger charge is 2.18. The summed E-state index contributed by atoms with van der Waals surface area (Å²) < 4.78 is 10.3. The second-order valence-electron chi connectivity index (χ2n) is 14.5. The number of rotatable bonds is 2. The number of benzene rings is 9. The highest BCUT2D eigenvalue weighted by Crippen LogP contribution is 2.44. The molecule has 9 aromatic carbocycles. The Kier molecular flexibility index (Phi) is 5.69. The van der Waals surface area contributed by atoms with Crippen LogP contribution in [0.1, 0.15) is 0 Å². The molecular weight excluding hydrogens is 693 g/mol. The molecule has 0 aliphatic rings. The van der Waals surface area contributed by atoms with Gasteiger partial charge in [0.05, 0.1) is 22.1 Å². The van der Waals surface area contributed by atoms with Crippen LogP contribution >= 0.6 is 22.7 Å². The third-order valence-corrected chi connectivity index (χ3v) is 13.9. The second kappa shape index (κ2) is 10.6. The molecule has 0 N–H and O–H groups in total. The zero-order chi connectivity index (χ0) is 35.1. The predicted octanol–water partition coefficient (Wildman–Crippen LogP) is 14.9. The van der Waals surface area contributed by atoms with Gasteiger partial charge in [0.15, 0.2) is 0 Å². The quantitative estimate of drug-likeness (QED) is 0.168. The average Bonchev–Trinajstić information content (AvgIpc) is 3.97. The molecule has 2 nitrogen and oxygen atoms in total. The van der Waals surface area contributed by atoms with E-state index in [1.807, 2.05) is 22.7 Å². The van der Waals surface area contributed by atoms with Crippen molar-refractivity contribution in [3.63, 3.8) is 0 Å². The lowest BCUT2D eigenvalue weighted by molar-refractivity contribution is 1.15. The first kappa shape index (κ1) is 29.0. The number of hydrogen-bond donors (Lipinski definition) is 0. The van der Waals surface area contributed by atoms with Gasteiger partial charge in [-0.05, 0) is 106 Å². The Labute approximate surface area is 316 Å². The molecule has 0 bridgehead atoms. The van der Waals surface area contributed by atoms with Crippen molar-refractivity contribution in [3.8, 4) is 11.4 Å². The predicted molar refractivity (Wildman–Crippen MR) is 236 cm³/mol. The van der Waals surface area contributed by atoms with Crippen molar-refractivity contribution in [1.82, 2.24) is 9.13 Å². The van der Waals surface area contributed by atoms with E-state index in [9.17, 15) is 0 Å². The standard InChI is InChI=1S/C50H28N2S2/c1-5-13-41-33(9-1)39-25-29-17-23-47-49(35-11-3-7-15-45(35)53-47)37(29)27-43(39)51(41)31-19-21-32(22-20-31)52-42-14-6-2-10-34(42)40-26-30-18-24-48-50(38(30)28-44(40)52)36-12-4-8-16-46(36)54-48/h1-28H. The van der Waals surface area contributed by atoms with Gasteiger partial charge < -0.3 is 9.13 Å². The fourth-order valence-electron chi connectivity index (χ4n) is 9.33. The summed E-state index contributed by atoms with van der Waals surface area (Å²) in [5.41, 5.74) is 7.22. The van der Waals surface area contributed by atoms with Crippen LogP contribution in [0.2, 0.25) is 0 Å². The van der Waals surface area contributed by atoms with Gasteiger partial charge in [-0.3, -0.25) is 0 Å². The van der Waals surface area contributed by atoms with Gasteiger partial charge in [-0.15, -0.1) is 22.7 Å². The molecule has 13 rings (SSSR count). The van der Waals surface area contributed by atoms with E-state index in [2.05, 4.69) is 179 Å². The van der Waals surface area contributed by atoms with Crippen molar-refractivity contribution in [3.05, 3.63) is 170 Å². The van der Waals surface area contributed by atoms with E-state index >= 15 is 0 Å². The molecule has 0 amide bonds. The summed E-state index contributed by atoms with van der Waals surface area (Å²) in [5.74, 6) is 0. The van der Waals surface area contributed by atoms with E-state index in [0.717, 1.165) is 11.4 Å². The first-order valence-corrected chi connectivity index (χ1v) is 20.1. The SMILES string of the molecule is c1ccc2c(c1)sc1ccc3cc4c5ccccc5n(-c5ccc(-n6c7ccccc7c7cc8ccc9sc%10ccccc%10c9c8cc76)cc5)c4cc3c12. The third kappa shape index (κ3) is 3.83. The molecular formula is C50H28N2S2. The van der Waals surface area contributed by atoms with Crippen LogP contribution in [-0.2, 0) is 0 Å². The Balaban J connectivity index is 1.05. The highest BCUT2D eigenvalue weighted by atomic mass is 32.1. The molecule has 0 aliphatic carbocycles. The Morgan fingerprint density at radius 1 is 0.278 bits per heavy atom.